The van der Waals surface area contributed by atoms with Gasteiger partial charge in [-0.1, -0.05) is 153 Å². The minimum Gasteiger partial charge on any atom is -0.508 e. The number of fused-ring (bicyclic) bond motifs is 6. The molecule has 7 aromatic rings. The van der Waals surface area contributed by atoms with E-state index in [1.165, 1.54) is 99.6 Å². The topological polar surface area (TPSA) is 251 Å². The number of hydrogen-bond donors (Lipinski definition) is 9. The maximum Gasteiger partial charge on any atom is 0.260 e. The van der Waals surface area contributed by atoms with Crippen LogP contribution in [0.2, 0.25) is 0 Å². The highest BCUT2D eigenvalue weighted by molar-refractivity contribution is 6.18. The van der Waals surface area contributed by atoms with Crippen molar-refractivity contribution >= 4 is 68.9 Å². The molecule has 0 radical (unpaired) electrons. The molecule has 586 valence electrons. The van der Waals surface area contributed by atoms with Gasteiger partial charge in [0, 0.05) is 69.6 Å². The van der Waals surface area contributed by atoms with Crippen molar-refractivity contribution in [1.82, 2.24) is 0 Å². The zero-order valence-corrected chi connectivity index (χ0v) is 67.0. The van der Waals surface area contributed by atoms with E-state index in [0.29, 0.717) is 86.7 Å². The number of carbonyl (C=O) groups is 3. The number of hydrogen-bond acceptors (Lipinski definition) is 15. The first-order chi connectivity index (χ1) is 53.0. The molecule has 9 N–H and O–H groups in total. The number of carbonyl (C=O) groups excluding carboxylic acids is 3. The number of benzene rings is 7. The molecule has 3 aliphatic heterocycles. The van der Waals surface area contributed by atoms with Crippen LogP contribution in [0, 0.1) is 0 Å². The molecule has 18 nitrogen and oxygen atoms in total. The third kappa shape index (κ3) is 22.9. The highest BCUT2D eigenvalue weighted by Crippen LogP contribution is 2.53. The fourth-order valence-electron chi connectivity index (χ4n) is 13.5. The molecule has 0 unspecified atom stereocenters. The molecule has 0 atom stereocenters. The van der Waals surface area contributed by atoms with Gasteiger partial charge in [-0.05, 0) is 202 Å². The van der Waals surface area contributed by atoms with E-state index in [4.69, 9.17) is 4.74 Å². The molecule has 0 saturated carbocycles. The summed E-state index contributed by atoms with van der Waals surface area (Å²) in [6.45, 7) is 26.5. The second-order valence-electron chi connectivity index (χ2n) is 29.6. The summed E-state index contributed by atoms with van der Waals surface area (Å²) in [5.74, 6) is -1.42. The number of methoxy groups -OCH3 is 1. The molecular formula is C93H112N6O12. The molecule has 18 heteroatoms. The average Bonchev–Trinajstić information content (AvgIpc) is 1.63. The Morgan fingerprint density at radius 3 is 1.16 bits per heavy atom. The van der Waals surface area contributed by atoms with E-state index in [2.05, 4.69) is 118 Å². The van der Waals surface area contributed by atoms with E-state index >= 15 is 0 Å². The lowest BCUT2D eigenvalue weighted by atomic mass is 10.1. The second kappa shape index (κ2) is 40.1. The quantitative estimate of drug-likeness (QED) is 0.0132. The Morgan fingerprint density at radius 2 is 0.712 bits per heavy atom. The zero-order chi connectivity index (χ0) is 80.8. The summed E-state index contributed by atoms with van der Waals surface area (Å²) in [6.07, 6.45) is 31.4. The number of anilines is 9. The maximum atomic E-state index is 14.0. The number of allylic oxidation sites excluding steroid dienone is 15. The summed E-state index contributed by atoms with van der Waals surface area (Å²) in [5, 5.41) is 87.7. The summed E-state index contributed by atoms with van der Waals surface area (Å²) < 4.78 is 5.44. The minimum absolute atomic E-state index is 0.0582. The van der Waals surface area contributed by atoms with Gasteiger partial charge in [0.1, 0.15) is 68.8 Å². The average molecular weight is 1510 g/mol. The lowest BCUT2D eigenvalue weighted by Gasteiger charge is -2.28. The van der Waals surface area contributed by atoms with Crippen molar-refractivity contribution in [3.8, 4) is 51.7 Å². The fraction of sp³-hybridized carbons (Fsp3) is 0.323. The van der Waals surface area contributed by atoms with Gasteiger partial charge in [-0.2, -0.15) is 0 Å². The van der Waals surface area contributed by atoms with Crippen LogP contribution in [0.15, 0.2) is 226 Å². The van der Waals surface area contributed by atoms with Crippen molar-refractivity contribution < 1.29 is 60.0 Å². The number of phenolic OH excluding ortho intramolecular Hbond substituents is 8. The highest BCUT2D eigenvalue weighted by atomic mass is 16.5. The van der Waals surface area contributed by atoms with Crippen LogP contribution in [0.25, 0.3) is 0 Å². The van der Waals surface area contributed by atoms with Crippen LogP contribution in [-0.2, 0) is 6.54 Å². The highest BCUT2D eigenvalue weighted by Gasteiger charge is 2.37. The molecule has 0 fully saturated rings. The predicted octanol–water partition coefficient (Wildman–Crippen LogP) is 22.7. The summed E-state index contributed by atoms with van der Waals surface area (Å²) >= 11 is 0. The molecule has 10 rings (SSSR count). The Labute approximate surface area is 655 Å². The number of nitrogens with zero attached hydrogens (tertiary/aromatic N) is 5. The van der Waals surface area contributed by atoms with Gasteiger partial charge in [0.15, 0.2) is 0 Å². The van der Waals surface area contributed by atoms with Crippen molar-refractivity contribution in [2.45, 2.75) is 167 Å². The van der Waals surface area contributed by atoms with Crippen LogP contribution >= 0.6 is 0 Å². The van der Waals surface area contributed by atoms with Crippen molar-refractivity contribution in [2.24, 2.45) is 0 Å². The van der Waals surface area contributed by atoms with E-state index < -0.39 is 0 Å². The molecule has 111 heavy (non-hydrogen) atoms. The monoisotopic (exact) mass is 1500 g/mol. The minimum atomic E-state index is -0.322. The van der Waals surface area contributed by atoms with Gasteiger partial charge < -0.3 is 75.4 Å². The van der Waals surface area contributed by atoms with Crippen molar-refractivity contribution in [3.63, 3.8) is 0 Å². The molecule has 0 bridgehead atoms. The molecule has 3 aliphatic rings. The Bertz CT molecular complexity index is 4790. The number of rotatable bonds is 27. The first-order valence-electron chi connectivity index (χ1n) is 38.1. The summed E-state index contributed by atoms with van der Waals surface area (Å²) in [4.78, 5) is 49.2. The SMILES string of the molecule is CC(C)=CCC/C(C)=C/CC/C(C)=C/CN1C(=O)c2cccc(O)c2N(C)c2c(O)cc(O)cc21.CC(C)=CCC/C(C)=C/CC/C(C)=C/CN1C(=O)c2cccc(O)c2N(Cc2ccccc2)c2c(O)cc(O)cc21.COc1cccc2c1Nc1c(O)cc(O)cc1N(C/C=C(\C)CC/C=C(\C)CCC=C(C)C)C2=O. The summed E-state index contributed by atoms with van der Waals surface area (Å²) in [6, 6.07) is 32.7. The lowest BCUT2D eigenvalue weighted by molar-refractivity contribution is 0.0983. The molecule has 3 heterocycles. The third-order valence-electron chi connectivity index (χ3n) is 19.6. The van der Waals surface area contributed by atoms with E-state index in [0.717, 1.165) is 93.8 Å². The third-order valence-corrected chi connectivity index (χ3v) is 19.6. The van der Waals surface area contributed by atoms with Crippen molar-refractivity contribution in [3.05, 3.63) is 248 Å². The maximum absolute atomic E-state index is 14.0. The van der Waals surface area contributed by atoms with E-state index in [-0.39, 0.29) is 76.8 Å². The second-order valence-corrected chi connectivity index (χ2v) is 29.6. The first-order valence-corrected chi connectivity index (χ1v) is 38.1. The number of nitrogens with one attached hydrogen (secondary N) is 1. The standard InChI is InChI=1S/C35H40N2O4.2C29H36N2O4/c1-24(2)11-8-12-25(3)13-9-14-26(4)19-20-36-30-21-28(38)22-32(40)34(30)37(23-27-15-6-5-7-16-27)33-29(35(36)41)17-10-18-31(33)39;1-19(2)9-6-10-20(3)11-7-12-21(4)15-16-31-24-17-22(32)18-25(33)28(24)30-27-23(29(31)34)13-8-14-26(27)35-5;1-19(2)9-6-10-20(3)11-7-12-21(4)15-16-31-24-17-22(32)18-26(34)28(24)30(5)27-23(29(31)35)13-8-14-25(27)33/h5-7,10-11,13,15-19,21-22,38-40H,8-9,12,14,20,23H2,1-4H3;8-9,11,13-15,17-18,30,32-33H,6-7,10,12,16H2,1-5H3;8-9,11,13-15,17-18,32-34H,6-7,10,12,16H2,1-5H3/b25-13+,26-19+;2*20-11+,21-15+. The number of amides is 3. The largest absolute Gasteiger partial charge is 0.508 e. The smallest absolute Gasteiger partial charge is 0.260 e. The van der Waals surface area contributed by atoms with Crippen LogP contribution < -0.4 is 34.6 Å². The van der Waals surface area contributed by atoms with Crippen molar-refractivity contribution in [1.29, 1.82) is 0 Å². The molecule has 7 aromatic carbocycles. The van der Waals surface area contributed by atoms with Crippen LogP contribution in [0.1, 0.15) is 197 Å². The van der Waals surface area contributed by atoms with E-state index in [9.17, 15) is 55.2 Å². The van der Waals surface area contributed by atoms with Gasteiger partial charge in [0.2, 0.25) is 0 Å². The van der Waals surface area contributed by atoms with E-state index in [1.807, 2.05) is 55.5 Å². The Kier molecular flexibility index (Phi) is 30.6. The summed E-state index contributed by atoms with van der Waals surface area (Å²) in [7, 11) is 3.21. The number of phenols is 8. The van der Waals surface area contributed by atoms with Gasteiger partial charge >= 0.3 is 0 Å². The molecule has 0 aliphatic carbocycles. The number of ether oxygens (including phenoxy) is 1. The van der Waals surface area contributed by atoms with Gasteiger partial charge in [-0.15, -0.1) is 0 Å². The molecule has 0 aromatic heterocycles. The molecule has 3 amide bonds. The van der Waals surface area contributed by atoms with Crippen LogP contribution in [0.4, 0.5) is 51.2 Å². The van der Waals surface area contributed by atoms with Gasteiger partial charge in [-0.25, -0.2) is 0 Å². The van der Waals surface area contributed by atoms with E-state index in [1.54, 1.807) is 69.1 Å². The van der Waals surface area contributed by atoms with Crippen LogP contribution in [0.5, 0.6) is 51.7 Å². The van der Waals surface area contributed by atoms with Gasteiger partial charge in [-0.3, -0.25) is 14.4 Å². The van der Waals surface area contributed by atoms with Gasteiger partial charge in [0.05, 0.1) is 57.9 Å². The van der Waals surface area contributed by atoms with Gasteiger partial charge in [0.25, 0.3) is 17.7 Å². The van der Waals surface area contributed by atoms with Crippen LogP contribution in [0.3, 0.4) is 0 Å². The van der Waals surface area contributed by atoms with Crippen molar-refractivity contribution in [2.75, 3.05) is 63.6 Å². The molecule has 0 spiro atoms. The number of para-hydroxylation sites is 3. The Hall–Kier alpha value is -11.8. The summed E-state index contributed by atoms with van der Waals surface area (Å²) in [5.41, 5.74) is 16.9. The molecule has 0 saturated heterocycles. The normalized spacial score (nSPS) is 13.6. The Balaban J connectivity index is 0.000000210. The lowest BCUT2D eigenvalue weighted by Crippen LogP contribution is -2.30. The molecular weight excluding hydrogens is 1390 g/mol. The van der Waals surface area contributed by atoms with Crippen LogP contribution in [-0.4, -0.2) is 92.4 Å². The number of aromatic hydroxyl groups is 8. The first kappa shape index (κ1) is 84.8. The fourth-order valence-corrected chi connectivity index (χ4v) is 13.5. The zero-order valence-electron chi connectivity index (χ0n) is 67.0. The Morgan fingerprint density at radius 1 is 0.351 bits per heavy atom. The predicted molar refractivity (Wildman–Crippen MR) is 453 cm³/mol.